The number of phosphoric acid groups is 1. The number of hydrogen-bond acceptors (Lipinski definition) is 4. The van der Waals surface area contributed by atoms with Crippen molar-refractivity contribution in [1.82, 2.24) is 0 Å². The van der Waals surface area contributed by atoms with Gasteiger partial charge in [-0.15, -0.1) is 0 Å². The quantitative estimate of drug-likeness (QED) is 0.611. The fourth-order valence-electron chi connectivity index (χ4n) is 2.05. The zero-order chi connectivity index (χ0) is 14.8. The Morgan fingerprint density at radius 2 is 1.48 bits per heavy atom. The van der Waals surface area contributed by atoms with Gasteiger partial charge >= 0.3 is 26.7 Å². The van der Waals surface area contributed by atoms with Crippen molar-refractivity contribution < 1.29 is 37.4 Å². The Morgan fingerprint density at radius 1 is 0.952 bits per heavy atom. The summed E-state index contributed by atoms with van der Waals surface area (Å²) >= 11 is 0. The Labute approximate surface area is 136 Å². The van der Waals surface area contributed by atoms with Gasteiger partial charge in [0.15, 0.2) is 0 Å². The first-order valence-corrected chi connectivity index (χ1v) is 7.66. The van der Waals surface area contributed by atoms with Crippen molar-refractivity contribution in [2.24, 2.45) is 0 Å². The van der Waals surface area contributed by atoms with E-state index in [1.54, 1.807) is 44.2 Å². The molecular formula is C15H16LiO4P. The van der Waals surface area contributed by atoms with Gasteiger partial charge in [-0.05, 0) is 44.0 Å². The Kier molecular flexibility index (Phi) is 6.13. The Morgan fingerprint density at radius 3 is 2.00 bits per heavy atom. The first kappa shape index (κ1) is 17.9. The van der Waals surface area contributed by atoms with Gasteiger partial charge in [-0.3, -0.25) is 0 Å². The predicted molar refractivity (Wildman–Crippen MR) is 76.0 cm³/mol. The summed E-state index contributed by atoms with van der Waals surface area (Å²) in [6.45, 7) is 5.55. The summed E-state index contributed by atoms with van der Waals surface area (Å²) in [6, 6.07) is 12.0. The molecule has 0 saturated heterocycles. The fraction of sp³-hybridized carbons (Fsp3) is 0.200. The topological polar surface area (TPSA) is 58.6 Å². The van der Waals surface area contributed by atoms with E-state index in [1.165, 1.54) is 0 Å². The minimum absolute atomic E-state index is 0. The average Bonchev–Trinajstić information content (AvgIpc) is 2.34. The summed E-state index contributed by atoms with van der Waals surface area (Å²) in [5.74, 6) is 0.554. The number of aryl methyl sites for hydroxylation is 3. The molecule has 0 aliphatic rings. The maximum absolute atomic E-state index is 11.9. The maximum Gasteiger partial charge on any atom is 1.00 e. The SMILES string of the molecule is Cc1cc(C)c(OP(=O)([O-])Oc2ccccc2)c(C)c1.[Li+]. The molecule has 4 nitrogen and oxygen atoms in total. The largest absolute Gasteiger partial charge is 1.00 e. The zero-order valence-corrected chi connectivity index (χ0v) is 13.5. The van der Waals surface area contributed by atoms with Crippen LogP contribution in [0.5, 0.6) is 11.5 Å². The predicted octanol–water partition coefficient (Wildman–Crippen LogP) is 0.542. The minimum atomic E-state index is -4.46. The Hall–Kier alpha value is -1.17. The van der Waals surface area contributed by atoms with E-state index in [0.29, 0.717) is 5.75 Å². The molecule has 2 aromatic carbocycles. The molecule has 2 rings (SSSR count). The van der Waals surface area contributed by atoms with Crippen molar-refractivity contribution in [3.05, 3.63) is 59.2 Å². The molecule has 0 heterocycles. The maximum atomic E-state index is 11.9. The molecule has 2 aromatic rings. The van der Waals surface area contributed by atoms with Crippen LogP contribution in [0, 0.1) is 20.8 Å². The molecular weight excluding hydrogens is 282 g/mol. The van der Waals surface area contributed by atoms with Crippen molar-refractivity contribution >= 4 is 7.82 Å². The molecule has 0 aliphatic carbocycles. The molecule has 0 aromatic heterocycles. The van der Waals surface area contributed by atoms with Crippen molar-refractivity contribution in [2.45, 2.75) is 20.8 Å². The van der Waals surface area contributed by atoms with Crippen LogP contribution in [0.2, 0.25) is 0 Å². The van der Waals surface area contributed by atoms with Crippen LogP contribution in [0.25, 0.3) is 0 Å². The second kappa shape index (κ2) is 7.20. The second-order valence-electron chi connectivity index (χ2n) is 4.67. The molecule has 21 heavy (non-hydrogen) atoms. The molecule has 0 saturated carbocycles. The van der Waals surface area contributed by atoms with Gasteiger partial charge in [0.25, 0.3) is 0 Å². The third-order valence-electron chi connectivity index (χ3n) is 2.77. The van der Waals surface area contributed by atoms with E-state index in [4.69, 9.17) is 9.05 Å². The Balaban J connectivity index is 0.00000220. The number of benzene rings is 2. The molecule has 1 unspecified atom stereocenters. The summed E-state index contributed by atoms with van der Waals surface area (Å²) < 4.78 is 22.0. The summed E-state index contributed by atoms with van der Waals surface area (Å²) in [4.78, 5) is 11.9. The zero-order valence-electron chi connectivity index (χ0n) is 12.6. The smallest absolute Gasteiger partial charge is 0.736 e. The summed E-state index contributed by atoms with van der Waals surface area (Å²) in [5, 5.41) is 0. The summed E-state index contributed by atoms with van der Waals surface area (Å²) in [6.07, 6.45) is 0. The summed E-state index contributed by atoms with van der Waals surface area (Å²) in [5.41, 5.74) is 2.57. The van der Waals surface area contributed by atoms with E-state index in [0.717, 1.165) is 16.7 Å². The first-order valence-electron chi connectivity index (χ1n) is 6.20. The molecule has 0 radical (unpaired) electrons. The van der Waals surface area contributed by atoms with Crippen molar-refractivity contribution in [3.8, 4) is 11.5 Å². The number of hydrogen-bond donors (Lipinski definition) is 0. The van der Waals surface area contributed by atoms with Gasteiger partial charge < -0.3 is 13.9 Å². The van der Waals surface area contributed by atoms with Crippen LogP contribution >= 0.6 is 7.82 Å². The van der Waals surface area contributed by atoms with Crippen LogP contribution in [0.15, 0.2) is 42.5 Å². The van der Waals surface area contributed by atoms with Gasteiger partial charge in [0, 0.05) is 0 Å². The van der Waals surface area contributed by atoms with Gasteiger partial charge in [-0.2, -0.15) is 0 Å². The van der Waals surface area contributed by atoms with Gasteiger partial charge in [0.2, 0.25) is 0 Å². The molecule has 0 spiro atoms. The van der Waals surface area contributed by atoms with Crippen LogP contribution in [-0.2, 0) is 4.57 Å². The molecule has 0 amide bonds. The minimum Gasteiger partial charge on any atom is -0.736 e. The van der Waals surface area contributed by atoms with Crippen LogP contribution in [-0.4, -0.2) is 0 Å². The number of phosphoric ester groups is 1. The van der Waals surface area contributed by atoms with E-state index in [-0.39, 0.29) is 24.6 Å². The van der Waals surface area contributed by atoms with E-state index in [1.807, 2.05) is 19.1 Å². The Bertz CT molecular complexity index is 635. The molecule has 0 N–H and O–H groups in total. The first-order chi connectivity index (χ1) is 9.37. The molecule has 106 valence electrons. The van der Waals surface area contributed by atoms with Crippen molar-refractivity contribution in [2.75, 3.05) is 0 Å². The molecule has 0 bridgehead atoms. The van der Waals surface area contributed by atoms with E-state index in [9.17, 15) is 9.46 Å². The number of para-hydroxylation sites is 1. The third kappa shape index (κ3) is 4.95. The third-order valence-corrected chi connectivity index (χ3v) is 3.61. The van der Waals surface area contributed by atoms with Gasteiger partial charge in [0.1, 0.15) is 11.5 Å². The van der Waals surface area contributed by atoms with E-state index < -0.39 is 7.82 Å². The molecule has 0 aliphatic heterocycles. The summed E-state index contributed by atoms with van der Waals surface area (Å²) in [7, 11) is -4.46. The van der Waals surface area contributed by atoms with Gasteiger partial charge in [0.05, 0.1) is 0 Å². The van der Waals surface area contributed by atoms with Crippen LogP contribution in [0.1, 0.15) is 16.7 Å². The monoisotopic (exact) mass is 298 g/mol. The fourth-order valence-corrected chi connectivity index (χ4v) is 2.98. The van der Waals surface area contributed by atoms with E-state index in [2.05, 4.69) is 0 Å². The second-order valence-corrected chi connectivity index (χ2v) is 5.93. The van der Waals surface area contributed by atoms with Gasteiger partial charge in [-0.25, -0.2) is 4.57 Å². The van der Waals surface area contributed by atoms with Crippen molar-refractivity contribution in [3.63, 3.8) is 0 Å². The average molecular weight is 298 g/mol. The van der Waals surface area contributed by atoms with Crippen LogP contribution in [0.4, 0.5) is 0 Å². The standard InChI is InChI=1S/C15H17O4P.Li/c1-11-9-12(2)15(13(3)10-11)19-20(16,17)18-14-7-5-4-6-8-14;/h4-10H,1-3H3,(H,16,17);/q;+1/p-1. The van der Waals surface area contributed by atoms with Crippen LogP contribution < -0.4 is 32.8 Å². The van der Waals surface area contributed by atoms with Gasteiger partial charge in [-0.1, -0.05) is 35.9 Å². The van der Waals surface area contributed by atoms with Crippen molar-refractivity contribution in [1.29, 1.82) is 0 Å². The van der Waals surface area contributed by atoms with Crippen LogP contribution in [0.3, 0.4) is 0 Å². The molecule has 6 heteroatoms. The number of rotatable bonds is 4. The molecule has 1 atom stereocenters. The molecule has 0 fully saturated rings. The normalized spacial score (nSPS) is 13.0. The van der Waals surface area contributed by atoms with E-state index >= 15 is 0 Å².